The molecule has 0 aliphatic rings. The van der Waals surface area contributed by atoms with Crippen LogP contribution in [-0.2, 0) is 0 Å². The van der Waals surface area contributed by atoms with Crippen LogP contribution in [0.5, 0.6) is 0 Å². The second kappa shape index (κ2) is 7.97. The lowest BCUT2D eigenvalue weighted by Crippen LogP contribution is -2.06. The number of hydrogen-bond acceptors (Lipinski definition) is 2. The predicted octanol–water partition coefficient (Wildman–Crippen LogP) is 1.90. The molecule has 0 aromatic carbocycles. The van der Waals surface area contributed by atoms with Crippen LogP contribution in [0, 0.1) is 11.8 Å². The highest BCUT2D eigenvalue weighted by molar-refractivity contribution is 7.98. The molecule has 0 radical (unpaired) electrons. The van der Waals surface area contributed by atoms with E-state index in [-0.39, 0.29) is 6.10 Å². The molecule has 64 valence electrons. The third kappa shape index (κ3) is 7.77. The fourth-order valence-electron chi connectivity index (χ4n) is 0.762. The molecular weight excluding hydrogens is 156 g/mol. The monoisotopic (exact) mass is 172 g/mol. The smallest absolute Gasteiger partial charge is 0.0557 e. The van der Waals surface area contributed by atoms with E-state index in [0.717, 1.165) is 25.0 Å². The van der Waals surface area contributed by atoms with E-state index in [0.29, 0.717) is 0 Å². The SMILES string of the molecule is CC#CCCC(O)CCSC. The van der Waals surface area contributed by atoms with Gasteiger partial charge in [-0.1, -0.05) is 0 Å². The van der Waals surface area contributed by atoms with Gasteiger partial charge in [-0.15, -0.1) is 11.8 Å². The van der Waals surface area contributed by atoms with Gasteiger partial charge in [-0.25, -0.2) is 0 Å². The first-order chi connectivity index (χ1) is 5.31. The Kier molecular flexibility index (Phi) is 7.88. The fraction of sp³-hybridized carbons (Fsp3) is 0.778. The summed E-state index contributed by atoms with van der Waals surface area (Å²) in [5.41, 5.74) is 0. The van der Waals surface area contributed by atoms with E-state index in [2.05, 4.69) is 18.1 Å². The van der Waals surface area contributed by atoms with Crippen molar-refractivity contribution in [3.63, 3.8) is 0 Å². The third-order valence-corrected chi connectivity index (χ3v) is 2.08. The van der Waals surface area contributed by atoms with E-state index in [4.69, 9.17) is 0 Å². The summed E-state index contributed by atoms with van der Waals surface area (Å²) in [6, 6.07) is 0. The van der Waals surface area contributed by atoms with Gasteiger partial charge in [0.05, 0.1) is 6.10 Å². The Morgan fingerprint density at radius 3 is 2.73 bits per heavy atom. The van der Waals surface area contributed by atoms with Crippen molar-refractivity contribution < 1.29 is 5.11 Å². The molecule has 0 aromatic rings. The highest BCUT2D eigenvalue weighted by Gasteiger charge is 2.00. The lowest BCUT2D eigenvalue weighted by atomic mass is 10.1. The number of aliphatic hydroxyl groups is 1. The van der Waals surface area contributed by atoms with Crippen LogP contribution in [0.25, 0.3) is 0 Å². The van der Waals surface area contributed by atoms with Crippen LogP contribution in [0.15, 0.2) is 0 Å². The fourth-order valence-corrected chi connectivity index (χ4v) is 1.27. The molecule has 0 spiro atoms. The van der Waals surface area contributed by atoms with Crippen LogP contribution in [0.2, 0.25) is 0 Å². The molecule has 0 saturated carbocycles. The van der Waals surface area contributed by atoms with Gasteiger partial charge in [0, 0.05) is 6.42 Å². The lowest BCUT2D eigenvalue weighted by molar-refractivity contribution is 0.163. The lowest BCUT2D eigenvalue weighted by Gasteiger charge is -2.05. The minimum Gasteiger partial charge on any atom is -0.393 e. The Hall–Kier alpha value is -0.130. The van der Waals surface area contributed by atoms with E-state index in [1.807, 2.05) is 6.92 Å². The summed E-state index contributed by atoms with van der Waals surface area (Å²) in [5.74, 6) is 6.79. The Balaban J connectivity index is 3.19. The van der Waals surface area contributed by atoms with Crippen LogP contribution in [0.4, 0.5) is 0 Å². The number of thioether (sulfide) groups is 1. The van der Waals surface area contributed by atoms with E-state index in [1.54, 1.807) is 11.8 Å². The summed E-state index contributed by atoms with van der Waals surface area (Å²) in [6.07, 6.45) is 4.45. The molecule has 0 bridgehead atoms. The summed E-state index contributed by atoms with van der Waals surface area (Å²) in [4.78, 5) is 0. The molecule has 0 saturated heterocycles. The first-order valence-corrected chi connectivity index (χ1v) is 5.27. The van der Waals surface area contributed by atoms with Crippen LogP contribution in [0.3, 0.4) is 0 Å². The molecular formula is C9H16OS. The van der Waals surface area contributed by atoms with Crippen LogP contribution in [0.1, 0.15) is 26.2 Å². The molecule has 0 heterocycles. The van der Waals surface area contributed by atoms with Gasteiger partial charge < -0.3 is 5.11 Å². The zero-order valence-electron chi connectivity index (χ0n) is 7.26. The zero-order valence-corrected chi connectivity index (χ0v) is 8.08. The maximum atomic E-state index is 9.33. The third-order valence-electron chi connectivity index (χ3n) is 1.43. The molecule has 11 heavy (non-hydrogen) atoms. The molecule has 0 aromatic heterocycles. The van der Waals surface area contributed by atoms with Gasteiger partial charge in [0.1, 0.15) is 0 Å². The summed E-state index contributed by atoms with van der Waals surface area (Å²) in [7, 11) is 0. The van der Waals surface area contributed by atoms with Crippen molar-refractivity contribution in [2.75, 3.05) is 12.0 Å². The second-order valence-corrected chi connectivity index (χ2v) is 3.39. The number of aliphatic hydroxyl groups excluding tert-OH is 1. The highest BCUT2D eigenvalue weighted by atomic mass is 32.2. The van der Waals surface area contributed by atoms with Gasteiger partial charge in [-0.2, -0.15) is 11.8 Å². The van der Waals surface area contributed by atoms with Crippen molar-refractivity contribution in [2.45, 2.75) is 32.3 Å². The molecule has 0 rings (SSSR count). The Morgan fingerprint density at radius 1 is 1.45 bits per heavy atom. The number of hydrogen-bond donors (Lipinski definition) is 1. The molecule has 1 atom stereocenters. The molecule has 1 nitrogen and oxygen atoms in total. The zero-order chi connectivity index (χ0) is 8.53. The van der Waals surface area contributed by atoms with Crippen LogP contribution in [-0.4, -0.2) is 23.2 Å². The minimum atomic E-state index is -0.150. The second-order valence-electron chi connectivity index (χ2n) is 2.40. The van der Waals surface area contributed by atoms with Crippen molar-refractivity contribution in [3.05, 3.63) is 0 Å². The van der Waals surface area contributed by atoms with Crippen molar-refractivity contribution in [3.8, 4) is 11.8 Å². The molecule has 0 amide bonds. The Morgan fingerprint density at radius 2 is 2.18 bits per heavy atom. The number of rotatable bonds is 5. The normalized spacial score (nSPS) is 11.9. The average Bonchev–Trinajstić information content (AvgIpc) is 2.01. The van der Waals surface area contributed by atoms with Gasteiger partial charge in [0.2, 0.25) is 0 Å². The highest BCUT2D eigenvalue weighted by Crippen LogP contribution is 2.05. The minimum absolute atomic E-state index is 0.150. The van der Waals surface area contributed by atoms with Gasteiger partial charge >= 0.3 is 0 Å². The van der Waals surface area contributed by atoms with Gasteiger partial charge in [-0.3, -0.25) is 0 Å². The molecule has 0 aliphatic carbocycles. The topological polar surface area (TPSA) is 20.2 Å². The van der Waals surface area contributed by atoms with Gasteiger partial charge in [0.15, 0.2) is 0 Å². The van der Waals surface area contributed by atoms with Crippen molar-refractivity contribution in [1.29, 1.82) is 0 Å². The standard InChI is InChI=1S/C9H16OS/c1-3-4-5-6-9(10)7-8-11-2/h9-10H,5-8H2,1-2H3. The van der Waals surface area contributed by atoms with Gasteiger partial charge in [0.25, 0.3) is 0 Å². The molecule has 0 aliphatic heterocycles. The summed E-state index contributed by atoms with van der Waals surface area (Å²) in [5, 5.41) is 9.33. The van der Waals surface area contributed by atoms with Crippen LogP contribution >= 0.6 is 11.8 Å². The van der Waals surface area contributed by atoms with E-state index in [1.165, 1.54) is 0 Å². The summed E-state index contributed by atoms with van der Waals surface area (Å²) < 4.78 is 0. The van der Waals surface area contributed by atoms with E-state index in [9.17, 15) is 5.11 Å². The molecule has 1 N–H and O–H groups in total. The predicted molar refractivity (Wildman–Crippen MR) is 51.7 cm³/mol. The average molecular weight is 172 g/mol. The van der Waals surface area contributed by atoms with Crippen molar-refractivity contribution in [2.24, 2.45) is 0 Å². The van der Waals surface area contributed by atoms with E-state index < -0.39 is 0 Å². The van der Waals surface area contributed by atoms with Crippen molar-refractivity contribution >= 4 is 11.8 Å². The van der Waals surface area contributed by atoms with Crippen LogP contribution < -0.4 is 0 Å². The molecule has 1 unspecified atom stereocenters. The van der Waals surface area contributed by atoms with Crippen molar-refractivity contribution in [1.82, 2.24) is 0 Å². The largest absolute Gasteiger partial charge is 0.393 e. The molecule has 0 fully saturated rings. The molecule has 2 heteroatoms. The maximum absolute atomic E-state index is 9.33. The maximum Gasteiger partial charge on any atom is 0.0557 e. The Bertz CT molecular complexity index is 134. The summed E-state index contributed by atoms with van der Waals surface area (Å²) in [6.45, 7) is 1.83. The first kappa shape index (κ1) is 10.9. The summed E-state index contributed by atoms with van der Waals surface area (Å²) >= 11 is 1.77. The van der Waals surface area contributed by atoms with Gasteiger partial charge in [-0.05, 0) is 31.8 Å². The van der Waals surface area contributed by atoms with E-state index >= 15 is 0 Å². The quantitative estimate of drug-likeness (QED) is 0.639. The Labute approximate surface area is 73.6 Å². The first-order valence-electron chi connectivity index (χ1n) is 3.88.